The minimum Gasteiger partial charge on any atom is -0.454 e. The number of fused-ring (bicyclic) bond motifs is 7. The minimum atomic E-state index is -4.93. The third-order valence-electron chi connectivity index (χ3n) is 18.0. The molecular weight excluding hydrogens is 1000 g/mol. The van der Waals surface area contributed by atoms with E-state index in [1.54, 1.807) is 59.5 Å². The van der Waals surface area contributed by atoms with Gasteiger partial charge in [-0.25, -0.2) is 13.9 Å². The van der Waals surface area contributed by atoms with E-state index in [9.17, 15) is 38.9 Å². The summed E-state index contributed by atoms with van der Waals surface area (Å²) in [7, 11) is -4.93. The molecular formula is C61H80N2O13P+. The summed E-state index contributed by atoms with van der Waals surface area (Å²) in [6.07, 6.45) is 23.7. The van der Waals surface area contributed by atoms with Gasteiger partial charge in [0.25, 0.3) is 0 Å². The predicted molar refractivity (Wildman–Crippen MR) is 289 cm³/mol. The number of carbonyl (C=O) groups is 3. The van der Waals surface area contributed by atoms with E-state index in [-0.39, 0.29) is 54.1 Å². The number of Topliss-reactive ketones (excluding diaryl/α,β-unsaturated/α-hetero) is 1. The van der Waals surface area contributed by atoms with Crippen LogP contribution in [0, 0.1) is 34.5 Å². The number of aliphatic hydroxyl groups is 2. The van der Waals surface area contributed by atoms with Crippen molar-refractivity contribution in [1.29, 1.82) is 0 Å². The van der Waals surface area contributed by atoms with Crippen LogP contribution in [0.25, 0.3) is 6.08 Å². The Hall–Kier alpha value is -4.67. The number of aromatic nitrogens is 1. The van der Waals surface area contributed by atoms with Crippen LogP contribution in [0.4, 0.5) is 0 Å². The van der Waals surface area contributed by atoms with Gasteiger partial charge in [-0.1, -0.05) is 94.0 Å². The Bertz CT molecular complexity index is 2680. The van der Waals surface area contributed by atoms with Crippen molar-refractivity contribution in [2.75, 3.05) is 32.9 Å². The molecule has 15 nitrogen and oxygen atoms in total. The molecule has 2 heterocycles. The number of phosphoric ester groups is 1. The number of pyridine rings is 1. The second-order valence-corrected chi connectivity index (χ2v) is 24.2. The van der Waals surface area contributed by atoms with E-state index in [2.05, 4.69) is 43.4 Å². The van der Waals surface area contributed by atoms with Crippen LogP contribution in [0.15, 0.2) is 103 Å². The van der Waals surface area contributed by atoms with Gasteiger partial charge in [0.2, 0.25) is 5.78 Å². The average Bonchev–Trinajstić information content (AvgIpc) is 4.16. The first-order valence-corrected chi connectivity index (χ1v) is 29.8. The second-order valence-electron chi connectivity index (χ2n) is 23.0. The van der Waals surface area contributed by atoms with Crippen LogP contribution in [-0.2, 0) is 50.9 Å². The lowest BCUT2D eigenvalue weighted by Gasteiger charge is -2.59. The van der Waals surface area contributed by atoms with Crippen molar-refractivity contribution >= 4 is 31.4 Å². The molecule has 0 bridgehead atoms. The number of phosphoric acid groups is 1. The summed E-state index contributed by atoms with van der Waals surface area (Å²) < 4.78 is 44.2. The van der Waals surface area contributed by atoms with Gasteiger partial charge < -0.3 is 39.0 Å². The normalized spacial score (nSPS) is 29.3. The van der Waals surface area contributed by atoms with Gasteiger partial charge in [0.1, 0.15) is 5.75 Å². The van der Waals surface area contributed by atoms with Crippen LogP contribution in [0.5, 0.6) is 5.75 Å². The van der Waals surface area contributed by atoms with Crippen LogP contribution in [0.3, 0.4) is 0 Å². The fourth-order valence-electron chi connectivity index (χ4n) is 14.2. The first-order chi connectivity index (χ1) is 37.1. The highest BCUT2D eigenvalue weighted by Crippen LogP contribution is 2.70. The average molecular weight is 1080 g/mol. The Kier molecular flexibility index (Phi) is 18.7. The van der Waals surface area contributed by atoms with E-state index in [4.69, 9.17) is 23.5 Å². The van der Waals surface area contributed by atoms with Gasteiger partial charge in [-0.2, -0.15) is 0 Å². The molecule has 5 N–H and O–H groups in total. The van der Waals surface area contributed by atoms with Gasteiger partial charge in [0.15, 0.2) is 43.2 Å². The summed E-state index contributed by atoms with van der Waals surface area (Å²) >= 11 is 0. The zero-order valence-electron chi connectivity index (χ0n) is 44.8. The maximum absolute atomic E-state index is 15.0. The first-order valence-electron chi connectivity index (χ1n) is 28.3. The number of rotatable bonds is 25. The van der Waals surface area contributed by atoms with Crippen molar-refractivity contribution in [2.24, 2.45) is 34.5 Å². The molecule has 1 saturated heterocycles. The molecule has 5 unspecified atom stereocenters. The molecule has 5 fully saturated rings. The number of benzene rings is 2. The Balaban J connectivity index is 0.785. The summed E-state index contributed by atoms with van der Waals surface area (Å²) in [4.78, 5) is 60.4. The van der Waals surface area contributed by atoms with E-state index in [1.165, 1.54) is 17.7 Å². The third-order valence-corrected chi connectivity index (χ3v) is 18.4. The molecule has 5 aliphatic carbocycles. The number of hydrogen-bond acceptors (Lipinski definition) is 12. The van der Waals surface area contributed by atoms with Crippen molar-refractivity contribution in [3.8, 4) is 5.75 Å². The monoisotopic (exact) mass is 1080 g/mol. The van der Waals surface area contributed by atoms with Gasteiger partial charge in [0.05, 0.1) is 23.9 Å². The van der Waals surface area contributed by atoms with Gasteiger partial charge in [-0.15, -0.1) is 0 Å². The van der Waals surface area contributed by atoms with Crippen LogP contribution < -0.4 is 14.4 Å². The van der Waals surface area contributed by atoms with E-state index in [0.29, 0.717) is 29.5 Å². The maximum atomic E-state index is 15.0. The number of esters is 1. The lowest BCUT2D eigenvalue weighted by molar-refractivity contribution is -0.688. The largest absolute Gasteiger partial charge is 0.524 e. The number of aliphatic hydroxyl groups excluding tert-OH is 2. The highest BCUT2D eigenvalue weighted by molar-refractivity contribution is 7.46. The molecule has 16 heteroatoms. The van der Waals surface area contributed by atoms with Crippen LogP contribution in [0.1, 0.15) is 139 Å². The Morgan fingerprint density at radius 1 is 0.961 bits per heavy atom. The quantitative estimate of drug-likeness (QED) is 0.0177. The van der Waals surface area contributed by atoms with Crippen molar-refractivity contribution in [3.05, 3.63) is 125 Å². The molecule has 0 radical (unpaired) electrons. The molecule has 0 amide bonds. The van der Waals surface area contributed by atoms with E-state index in [0.717, 1.165) is 115 Å². The van der Waals surface area contributed by atoms with E-state index >= 15 is 0 Å². The number of aryl methyl sites for hydroxylation is 1. The molecule has 9 rings (SSSR count). The van der Waals surface area contributed by atoms with Gasteiger partial charge >= 0.3 is 13.8 Å². The molecule has 77 heavy (non-hydrogen) atoms. The lowest BCUT2D eigenvalue weighted by Crippen LogP contribution is -2.63. The minimum absolute atomic E-state index is 0.0150. The van der Waals surface area contributed by atoms with Crippen LogP contribution in [-0.4, -0.2) is 94.5 Å². The smallest absolute Gasteiger partial charge is 0.454 e. The summed E-state index contributed by atoms with van der Waals surface area (Å²) in [5.74, 6) is -1.13. The molecule has 2 aromatic carbocycles. The number of nitrogens with zero attached hydrogens (tertiary/aromatic N) is 1. The number of hydrogen-bond donors (Lipinski definition) is 5. The number of unbranched alkanes of at least 4 members (excludes halogenated alkanes) is 4. The predicted octanol–water partition coefficient (Wildman–Crippen LogP) is 8.79. The number of ether oxygens (including phenoxy) is 4. The van der Waals surface area contributed by atoms with Crippen molar-refractivity contribution in [1.82, 2.24) is 5.32 Å². The molecule has 0 spiro atoms. The molecule has 6 aliphatic rings. The van der Waals surface area contributed by atoms with Crippen molar-refractivity contribution in [2.45, 2.75) is 153 Å². The molecule has 1 aliphatic heterocycles. The number of carbonyl (C=O) groups excluding carboxylic acids is 3. The molecule has 416 valence electrons. The highest BCUT2D eigenvalue weighted by atomic mass is 31.2. The van der Waals surface area contributed by atoms with E-state index in [1.807, 2.05) is 12.1 Å². The SMILES string of the molecule is C[C@]12C=CC(=O)C=C1CCC1C2C(O)C[C@@]2(C)C1C[C@H]1O[C@@H](C3CCCCC3)O[C@]12C(=O)COC(=O)/C=C/c1ccc[n+](Cc2cc(C(O)CNCCCCCCOCCCCc3ccccc3)ccc2OP(=O)(O)O)c1. The zero-order chi connectivity index (χ0) is 54.2. The summed E-state index contributed by atoms with van der Waals surface area (Å²) in [5.41, 5.74) is 1.26. The summed E-state index contributed by atoms with van der Waals surface area (Å²) in [6.45, 7) is 6.31. The fourth-order valence-corrected chi connectivity index (χ4v) is 14.6. The first kappa shape index (κ1) is 57.0. The van der Waals surface area contributed by atoms with Crippen LogP contribution in [0.2, 0.25) is 0 Å². The van der Waals surface area contributed by atoms with Crippen LogP contribution >= 0.6 is 7.82 Å². The number of ketones is 2. The molecule has 10 atom stereocenters. The highest BCUT2D eigenvalue weighted by Gasteiger charge is 2.76. The standard InChI is InChI=1S/C61H79N2O13P/c1-59-29-28-48(64)35-47(59)24-25-49-50-36-55-61(60(50,2)37-51(65)57(49)59,75-58(74-55)44-20-9-6-10-21-44)54(67)41-73-56(68)27-22-43-19-15-31-63(39-43)40-46-34-45(23-26-53(46)76-77(69,70)71)52(66)38-62-30-12-3-4-13-32-72-33-14-11-18-42-16-7-5-8-17-42/h5,7-8,15-17,19,22-23,26-29,31,34-35,39,44,49-52,55,57-58,62,65-66H,3-4,6,9-14,18,20-21,24-25,30,32-33,36-38,40-41H2,1-2H3,(H-,69,70,71)/p+1/b27-22+/t49?,50?,51?,52?,55-,57?,58-,59+,60+,61-/m1/s1. The van der Waals surface area contributed by atoms with Crippen molar-refractivity contribution < 1.29 is 67.0 Å². The summed E-state index contributed by atoms with van der Waals surface area (Å²) in [6, 6.07) is 18.7. The molecule has 1 aromatic heterocycles. The molecule has 3 aromatic rings. The second kappa shape index (κ2) is 25.2. The van der Waals surface area contributed by atoms with Gasteiger partial charge in [0, 0.05) is 60.1 Å². The van der Waals surface area contributed by atoms with Gasteiger partial charge in [-0.3, -0.25) is 19.4 Å². The zero-order valence-corrected chi connectivity index (χ0v) is 45.7. The Labute approximate surface area is 453 Å². The number of nitrogens with one attached hydrogen (secondary N) is 1. The lowest BCUT2D eigenvalue weighted by atomic mass is 9.46. The van der Waals surface area contributed by atoms with Gasteiger partial charge in [-0.05, 0) is 137 Å². The topological polar surface area (TPSA) is 211 Å². The summed E-state index contributed by atoms with van der Waals surface area (Å²) in [5, 5.41) is 26.7. The Morgan fingerprint density at radius 2 is 1.74 bits per heavy atom. The molecule has 4 saturated carbocycles. The third kappa shape index (κ3) is 13.2. The number of allylic oxidation sites excluding steroid dienone is 4. The van der Waals surface area contributed by atoms with Crippen molar-refractivity contribution in [3.63, 3.8) is 0 Å². The fraction of sp³-hybridized carbons (Fsp3) is 0.574. The van der Waals surface area contributed by atoms with E-state index < -0.39 is 61.4 Å². The maximum Gasteiger partial charge on any atom is 0.524 e. The Morgan fingerprint density at radius 3 is 2.53 bits per heavy atom.